The van der Waals surface area contributed by atoms with Crippen molar-refractivity contribution in [2.24, 2.45) is 50.2 Å². The predicted octanol–water partition coefficient (Wildman–Crippen LogP) is 10.2. The Morgan fingerprint density at radius 2 is 1.23 bits per heavy atom. The Morgan fingerprint density at radius 1 is 0.675 bits per heavy atom. The molecule has 4 fully saturated rings. The maximum Gasteiger partial charge on any atom is 0.328 e. The Kier molecular flexibility index (Phi) is 13.7. The first-order chi connectivity index (χ1) is 38.2. The molecule has 418 valence electrons. The lowest BCUT2D eigenvalue weighted by Crippen LogP contribution is -2.69. The highest BCUT2D eigenvalue weighted by Crippen LogP contribution is 2.75. The molecule has 11 rings (SSSR count). The fraction of sp³-hybridized carbons (Fsp3) is 0.492. The zero-order chi connectivity index (χ0) is 56.6. The topological polar surface area (TPSA) is 210 Å². The number of rotatable bonds is 15. The van der Waals surface area contributed by atoms with Gasteiger partial charge in [-0.25, -0.2) is 9.36 Å². The fourth-order valence-electron chi connectivity index (χ4n) is 16.0. The molecular weight excluding hydrogens is 1020 g/mol. The maximum absolute atomic E-state index is 15.5. The van der Waals surface area contributed by atoms with Gasteiger partial charge >= 0.3 is 17.9 Å². The van der Waals surface area contributed by atoms with Crippen LogP contribution < -0.4 is 9.47 Å². The zero-order valence-electron chi connectivity index (χ0n) is 46.9. The van der Waals surface area contributed by atoms with Crippen LogP contribution in [0.15, 0.2) is 96.8 Å². The van der Waals surface area contributed by atoms with Crippen molar-refractivity contribution in [2.45, 2.75) is 138 Å². The van der Waals surface area contributed by atoms with Gasteiger partial charge in [0.25, 0.3) is 0 Å². The van der Waals surface area contributed by atoms with E-state index >= 15 is 4.79 Å². The van der Waals surface area contributed by atoms with Gasteiger partial charge in [0.1, 0.15) is 61.4 Å². The van der Waals surface area contributed by atoms with E-state index < -0.39 is 51.7 Å². The first-order valence-corrected chi connectivity index (χ1v) is 27.9. The number of esters is 3. The average Bonchev–Trinajstić information content (AvgIpc) is 4.12. The van der Waals surface area contributed by atoms with Crippen LogP contribution in [0.2, 0.25) is 0 Å². The lowest BCUT2D eigenvalue weighted by atomic mass is 9.33. The lowest BCUT2D eigenvalue weighted by Gasteiger charge is -2.71. The number of hydrogen-bond acceptors (Lipinski definition) is 15. The van der Waals surface area contributed by atoms with Crippen LogP contribution in [0, 0.1) is 50.2 Å². The quantitative estimate of drug-likeness (QED) is 0.0532. The number of carbonyl (C=O) groups excluding carboxylic acids is 6. The predicted molar refractivity (Wildman–Crippen MR) is 294 cm³/mol. The van der Waals surface area contributed by atoms with Crippen LogP contribution in [0.1, 0.15) is 132 Å². The Hall–Kier alpha value is -7.56. The Labute approximate surface area is 465 Å². The molecule has 2 heterocycles. The van der Waals surface area contributed by atoms with E-state index in [1.807, 2.05) is 73.7 Å². The number of fused-ring (bicyclic) bond motifs is 9. The summed E-state index contributed by atoms with van der Waals surface area (Å²) in [6.07, 6.45) is 10.5. The van der Waals surface area contributed by atoms with Crippen LogP contribution >= 0.6 is 0 Å². The summed E-state index contributed by atoms with van der Waals surface area (Å²) in [5, 5.41) is 20.3. The molecule has 10 atom stereocenters. The smallest absolute Gasteiger partial charge is 0.328 e. The third-order valence-electron chi connectivity index (χ3n) is 20.3. The summed E-state index contributed by atoms with van der Waals surface area (Å²) < 4.78 is 33.3. The largest absolute Gasteiger partial charge is 0.486 e. The molecule has 5 aliphatic rings. The van der Waals surface area contributed by atoms with Crippen molar-refractivity contribution < 1.29 is 52.5 Å². The molecule has 0 amide bonds. The van der Waals surface area contributed by atoms with Crippen molar-refractivity contribution in [1.29, 1.82) is 0 Å². The van der Waals surface area contributed by atoms with Crippen LogP contribution in [0.25, 0.3) is 21.5 Å². The van der Waals surface area contributed by atoms with Crippen molar-refractivity contribution >= 4 is 57.8 Å². The molecule has 0 saturated heterocycles. The number of hydrogen-bond donors (Lipinski definition) is 0. The molecule has 80 heavy (non-hydrogen) atoms. The molecule has 17 heteroatoms. The van der Waals surface area contributed by atoms with Gasteiger partial charge in [-0.3, -0.25) is 28.8 Å². The first-order valence-electron chi connectivity index (χ1n) is 27.9. The maximum atomic E-state index is 15.5. The van der Waals surface area contributed by atoms with Gasteiger partial charge in [0.05, 0.1) is 36.0 Å². The minimum atomic E-state index is -0.987. The number of allylic oxidation sites excluding steroid dienone is 2. The van der Waals surface area contributed by atoms with Crippen molar-refractivity contribution in [2.75, 3.05) is 7.11 Å². The molecule has 0 unspecified atom stereocenters. The van der Waals surface area contributed by atoms with Crippen molar-refractivity contribution in [3.05, 3.63) is 119 Å². The highest BCUT2D eigenvalue weighted by molar-refractivity contribution is 6.02. The standard InChI is InChI=1S/C63H70N6O11/c1-58(2)52-21-22-63(7)55(48(72)27-46-47-28-60(4,57(75)76-8)24-23-59(47,3)25-26-62(46,63)6)61(52,5)29-51(79-53(73)32-68-30-40(64-66-68)36-77-49-19-17-38-13-9-11-15-42(38)44(49)34-70)56(58)80-54(74)33-69-31-41(65-67-69)37-78-50-20-18-39-14-10-12-16-43(39)45(50)35-71/h9-20,27,30-31,34-35,47,51-52,55-56H,21-26,28-29,32-33,36-37H2,1-8H3/t47-,51-,52-,55+,56+,59+,60-,61-,62+,63+/m0/s1. The van der Waals surface area contributed by atoms with Crippen LogP contribution in [0.5, 0.6) is 11.5 Å². The average molecular weight is 1090 g/mol. The van der Waals surface area contributed by atoms with E-state index in [4.69, 9.17) is 23.7 Å². The van der Waals surface area contributed by atoms with Crippen LogP contribution in [0.3, 0.4) is 0 Å². The SMILES string of the molecule is COC(=O)[C@@]1(C)CC[C@]2(C)CC[C@]3(C)C(=CC(=O)[C@@H]4[C@@]5(C)C[C@H](OC(=O)Cn6cc(COc7ccc8ccccc8c7C=O)nn6)[C@@H](OC(=O)Cn6cc(COc7ccc8ccccc8c7C=O)nn6)C(C)(C)[C@@H]5CC[C@]43C)[C@@H]2C1. The molecule has 4 saturated carbocycles. The second-order valence-corrected chi connectivity index (χ2v) is 25.2. The summed E-state index contributed by atoms with van der Waals surface area (Å²) >= 11 is 0. The lowest BCUT2D eigenvalue weighted by molar-refractivity contribution is -0.241. The number of aromatic nitrogens is 6. The highest BCUT2D eigenvalue weighted by Gasteiger charge is 2.72. The molecular formula is C63H70N6O11. The van der Waals surface area contributed by atoms with Crippen LogP contribution in [0.4, 0.5) is 0 Å². The van der Waals surface area contributed by atoms with Crippen LogP contribution in [-0.4, -0.2) is 85.6 Å². The summed E-state index contributed by atoms with van der Waals surface area (Å²) in [5.74, 6) is -1.23. The Morgan fingerprint density at radius 3 is 1.79 bits per heavy atom. The van der Waals surface area contributed by atoms with Crippen molar-refractivity contribution in [3.63, 3.8) is 0 Å². The second-order valence-electron chi connectivity index (χ2n) is 25.2. The van der Waals surface area contributed by atoms with Gasteiger partial charge in [-0.15, -0.1) is 10.2 Å². The summed E-state index contributed by atoms with van der Waals surface area (Å²) in [7, 11) is 1.45. The van der Waals surface area contributed by atoms with Crippen LogP contribution in [-0.2, 0) is 59.7 Å². The van der Waals surface area contributed by atoms with Gasteiger partial charge < -0.3 is 23.7 Å². The van der Waals surface area contributed by atoms with E-state index in [0.717, 1.165) is 78.2 Å². The van der Waals surface area contributed by atoms with E-state index in [1.165, 1.54) is 16.5 Å². The number of methoxy groups -OCH3 is 1. The van der Waals surface area contributed by atoms with Gasteiger partial charge in [0.15, 0.2) is 18.4 Å². The van der Waals surface area contributed by atoms with E-state index in [-0.39, 0.29) is 67.1 Å². The number of benzene rings is 4. The fourth-order valence-corrected chi connectivity index (χ4v) is 16.0. The molecule has 0 bridgehead atoms. The highest BCUT2D eigenvalue weighted by atomic mass is 16.6. The summed E-state index contributed by atoms with van der Waals surface area (Å²) in [6, 6.07) is 22.3. The van der Waals surface area contributed by atoms with Crippen molar-refractivity contribution in [1.82, 2.24) is 30.0 Å². The van der Waals surface area contributed by atoms with E-state index in [0.29, 0.717) is 40.4 Å². The molecule has 5 aliphatic carbocycles. The Balaban J connectivity index is 0.856. The van der Waals surface area contributed by atoms with E-state index in [2.05, 4.69) is 62.2 Å². The minimum absolute atomic E-state index is 0.0185. The molecule has 0 aliphatic heterocycles. The number of carbonyl (C=O) groups is 6. The van der Waals surface area contributed by atoms with Gasteiger partial charge in [-0.05, 0) is 132 Å². The van der Waals surface area contributed by atoms with Gasteiger partial charge in [-0.2, -0.15) is 0 Å². The number of ketones is 1. The number of aldehydes is 2. The molecule has 17 nitrogen and oxygen atoms in total. The van der Waals surface area contributed by atoms with E-state index in [1.54, 1.807) is 24.5 Å². The van der Waals surface area contributed by atoms with Gasteiger partial charge in [-0.1, -0.05) is 118 Å². The number of ether oxygens (including phenoxy) is 5. The first kappa shape index (κ1) is 54.4. The van der Waals surface area contributed by atoms with E-state index in [9.17, 15) is 24.0 Å². The molecule has 2 aromatic heterocycles. The van der Waals surface area contributed by atoms with Crippen molar-refractivity contribution in [3.8, 4) is 11.5 Å². The molecule has 4 aromatic carbocycles. The Bertz CT molecular complexity index is 3510. The summed E-state index contributed by atoms with van der Waals surface area (Å²) in [4.78, 5) is 81.9. The third kappa shape index (κ3) is 9.08. The minimum Gasteiger partial charge on any atom is -0.486 e. The molecule has 0 radical (unpaired) electrons. The molecule has 0 spiro atoms. The van der Waals surface area contributed by atoms with Gasteiger partial charge in [0.2, 0.25) is 0 Å². The number of nitrogens with zero attached hydrogens (tertiary/aromatic N) is 6. The monoisotopic (exact) mass is 1090 g/mol. The van der Waals surface area contributed by atoms with Gasteiger partial charge in [0, 0.05) is 11.3 Å². The molecule has 6 aromatic rings. The third-order valence-corrected chi connectivity index (χ3v) is 20.3. The molecule has 0 N–H and O–H groups in total. The normalized spacial score (nSPS) is 30.4. The zero-order valence-corrected chi connectivity index (χ0v) is 46.9. The summed E-state index contributed by atoms with van der Waals surface area (Å²) in [6.45, 7) is 14.6. The second kappa shape index (κ2) is 20.2. The summed E-state index contributed by atoms with van der Waals surface area (Å²) in [5.41, 5.74) is -0.332.